The van der Waals surface area contributed by atoms with Crippen LogP contribution in [0.5, 0.6) is 5.75 Å². The SMILES string of the molecule is COc1ccc(NCC(=O)NNC(=O)CNC(=O)c2ccc(Br)o2)cc1. The monoisotopic (exact) mass is 424 g/mol. The number of benzene rings is 1. The van der Waals surface area contributed by atoms with E-state index < -0.39 is 17.7 Å². The molecule has 1 aromatic heterocycles. The van der Waals surface area contributed by atoms with Crippen LogP contribution in [0.1, 0.15) is 10.6 Å². The first-order chi connectivity index (χ1) is 12.5. The van der Waals surface area contributed by atoms with Crippen LogP contribution in [0.3, 0.4) is 0 Å². The van der Waals surface area contributed by atoms with Gasteiger partial charge in [-0.3, -0.25) is 25.2 Å². The molecule has 10 heteroatoms. The zero-order chi connectivity index (χ0) is 18.9. The van der Waals surface area contributed by atoms with E-state index in [1.54, 1.807) is 37.4 Å². The third-order valence-electron chi connectivity index (χ3n) is 3.09. The van der Waals surface area contributed by atoms with E-state index in [4.69, 9.17) is 9.15 Å². The molecule has 0 aliphatic rings. The normalized spacial score (nSPS) is 9.92. The van der Waals surface area contributed by atoms with E-state index in [1.165, 1.54) is 6.07 Å². The standard InChI is InChI=1S/C16H17BrN4O5/c1-25-11-4-2-10(3-5-11)18-8-14(22)20-21-15(23)9-19-16(24)12-6-7-13(17)26-12/h2-7,18H,8-9H2,1H3,(H,19,24)(H,20,22)(H,21,23). The van der Waals surface area contributed by atoms with Crippen LogP contribution in [0.15, 0.2) is 45.5 Å². The predicted octanol–water partition coefficient (Wildman–Crippen LogP) is 1.04. The highest BCUT2D eigenvalue weighted by Gasteiger charge is 2.12. The highest BCUT2D eigenvalue weighted by atomic mass is 79.9. The fraction of sp³-hybridized carbons (Fsp3) is 0.188. The van der Waals surface area contributed by atoms with Crippen LogP contribution < -0.4 is 26.2 Å². The number of anilines is 1. The Kier molecular flexibility index (Phi) is 7.03. The number of hydrogen-bond donors (Lipinski definition) is 4. The minimum atomic E-state index is -0.582. The van der Waals surface area contributed by atoms with Gasteiger partial charge in [-0.2, -0.15) is 0 Å². The number of methoxy groups -OCH3 is 1. The van der Waals surface area contributed by atoms with Crippen molar-refractivity contribution in [3.8, 4) is 5.75 Å². The molecule has 1 heterocycles. The van der Waals surface area contributed by atoms with Crippen LogP contribution in [-0.4, -0.2) is 37.9 Å². The number of carbonyl (C=O) groups is 3. The summed E-state index contributed by atoms with van der Waals surface area (Å²) in [6.07, 6.45) is 0. The van der Waals surface area contributed by atoms with E-state index in [0.29, 0.717) is 10.4 Å². The Hall–Kier alpha value is -3.01. The van der Waals surface area contributed by atoms with Gasteiger partial charge >= 0.3 is 0 Å². The molecular formula is C16H17BrN4O5. The van der Waals surface area contributed by atoms with Gasteiger partial charge in [-0.1, -0.05) is 0 Å². The number of amides is 3. The molecule has 2 rings (SSSR count). The second-order valence-corrected chi connectivity index (χ2v) is 5.75. The molecule has 1 aromatic carbocycles. The molecular weight excluding hydrogens is 408 g/mol. The summed E-state index contributed by atoms with van der Waals surface area (Å²) < 4.78 is 10.5. The van der Waals surface area contributed by atoms with Gasteiger partial charge in [0.15, 0.2) is 10.4 Å². The van der Waals surface area contributed by atoms with E-state index in [0.717, 1.165) is 5.69 Å². The quantitative estimate of drug-likeness (QED) is 0.492. The molecule has 4 N–H and O–H groups in total. The van der Waals surface area contributed by atoms with Crippen molar-refractivity contribution in [3.63, 3.8) is 0 Å². The lowest BCUT2D eigenvalue weighted by atomic mass is 10.3. The molecule has 0 saturated carbocycles. The number of furan rings is 1. The maximum absolute atomic E-state index is 11.7. The first kappa shape index (κ1) is 19.3. The molecule has 138 valence electrons. The molecule has 0 fully saturated rings. The van der Waals surface area contributed by atoms with Gasteiger partial charge in [0.2, 0.25) is 0 Å². The number of ether oxygens (including phenoxy) is 1. The predicted molar refractivity (Wildman–Crippen MR) is 96.5 cm³/mol. The van der Waals surface area contributed by atoms with E-state index in [-0.39, 0.29) is 18.8 Å². The largest absolute Gasteiger partial charge is 0.497 e. The molecule has 0 spiro atoms. The van der Waals surface area contributed by atoms with Crippen molar-refractivity contribution in [1.29, 1.82) is 0 Å². The maximum Gasteiger partial charge on any atom is 0.287 e. The first-order valence-electron chi connectivity index (χ1n) is 7.47. The third kappa shape index (κ3) is 6.13. The molecule has 26 heavy (non-hydrogen) atoms. The Morgan fingerprint density at radius 1 is 1.00 bits per heavy atom. The van der Waals surface area contributed by atoms with Gasteiger partial charge < -0.3 is 19.8 Å². The van der Waals surface area contributed by atoms with Crippen molar-refractivity contribution in [2.24, 2.45) is 0 Å². The van der Waals surface area contributed by atoms with Gasteiger partial charge in [-0.25, -0.2) is 0 Å². The van der Waals surface area contributed by atoms with Crippen LogP contribution in [0, 0.1) is 0 Å². The van der Waals surface area contributed by atoms with Gasteiger partial charge in [-0.15, -0.1) is 0 Å². The van der Waals surface area contributed by atoms with E-state index in [9.17, 15) is 14.4 Å². The Bertz CT molecular complexity index is 775. The average molecular weight is 425 g/mol. The smallest absolute Gasteiger partial charge is 0.287 e. The minimum Gasteiger partial charge on any atom is -0.497 e. The lowest BCUT2D eigenvalue weighted by Crippen LogP contribution is -2.47. The fourth-order valence-electron chi connectivity index (χ4n) is 1.80. The molecule has 0 atom stereocenters. The van der Waals surface area contributed by atoms with Gasteiger partial charge in [0.25, 0.3) is 17.7 Å². The molecule has 2 aromatic rings. The highest BCUT2D eigenvalue weighted by Crippen LogP contribution is 2.14. The number of rotatable bonds is 7. The summed E-state index contributed by atoms with van der Waals surface area (Å²) >= 11 is 3.07. The van der Waals surface area contributed by atoms with Crippen molar-refractivity contribution in [2.45, 2.75) is 0 Å². The van der Waals surface area contributed by atoms with Crippen LogP contribution in [-0.2, 0) is 9.59 Å². The summed E-state index contributed by atoms with van der Waals surface area (Å²) in [5.74, 6) is -0.802. The second kappa shape index (κ2) is 9.47. The Labute approximate surface area is 157 Å². The van der Waals surface area contributed by atoms with Crippen LogP contribution in [0.2, 0.25) is 0 Å². The number of hydrogen-bond acceptors (Lipinski definition) is 6. The number of nitrogens with one attached hydrogen (secondary N) is 4. The molecule has 3 amide bonds. The third-order valence-corrected chi connectivity index (χ3v) is 3.52. The van der Waals surface area contributed by atoms with Gasteiger partial charge in [0.1, 0.15) is 5.75 Å². The van der Waals surface area contributed by atoms with Crippen molar-refractivity contribution in [2.75, 3.05) is 25.5 Å². The summed E-state index contributed by atoms with van der Waals surface area (Å²) in [7, 11) is 1.56. The fourth-order valence-corrected chi connectivity index (χ4v) is 2.11. The van der Waals surface area contributed by atoms with E-state index in [2.05, 4.69) is 37.4 Å². The molecule has 0 aliphatic carbocycles. The summed E-state index contributed by atoms with van der Waals surface area (Å²) in [6, 6.07) is 10.0. The summed E-state index contributed by atoms with van der Waals surface area (Å²) in [5.41, 5.74) is 5.16. The Morgan fingerprint density at radius 3 is 2.23 bits per heavy atom. The Balaban J connectivity index is 1.64. The van der Waals surface area contributed by atoms with Crippen molar-refractivity contribution >= 4 is 39.3 Å². The van der Waals surface area contributed by atoms with Crippen molar-refractivity contribution in [3.05, 3.63) is 46.8 Å². The zero-order valence-electron chi connectivity index (χ0n) is 13.8. The molecule has 0 bridgehead atoms. The molecule has 0 saturated heterocycles. The second-order valence-electron chi connectivity index (χ2n) is 4.96. The summed E-state index contributed by atoms with van der Waals surface area (Å²) in [6.45, 7) is -0.358. The first-order valence-corrected chi connectivity index (χ1v) is 8.26. The minimum absolute atomic E-state index is 0.0423. The molecule has 0 aliphatic heterocycles. The number of halogens is 1. The zero-order valence-corrected chi connectivity index (χ0v) is 15.4. The van der Waals surface area contributed by atoms with Crippen LogP contribution >= 0.6 is 15.9 Å². The van der Waals surface area contributed by atoms with Crippen LogP contribution in [0.25, 0.3) is 0 Å². The van der Waals surface area contributed by atoms with Crippen molar-refractivity contribution < 1.29 is 23.5 Å². The molecule has 0 radical (unpaired) electrons. The molecule has 0 unspecified atom stereocenters. The summed E-state index contributed by atoms with van der Waals surface area (Å²) in [5, 5.41) is 5.25. The highest BCUT2D eigenvalue weighted by molar-refractivity contribution is 9.10. The number of hydrazine groups is 1. The number of carbonyl (C=O) groups excluding carboxylic acids is 3. The van der Waals surface area contributed by atoms with Gasteiger partial charge in [-0.05, 0) is 52.3 Å². The Morgan fingerprint density at radius 2 is 1.65 bits per heavy atom. The van der Waals surface area contributed by atoms with E-state index >= 15 is 0 Å². The topological polar surface area (TPSA) is 122 Å². The lowest BCUT2D eigenvalue weighted by Gasteiger charge is -2.09. The van der Waals surface area contributed by atoms with E-state index in [1.807, 2.05) is 0 Å². The van der Waals surface area contributed by atoms with Gasteiger partial charge in [0.05, 0.1) is 20.2 Å². The molecule has 9 nitrogen and oxygen atoms in total. The summed E-state index contributed by atoms with van der Waals surface area (Å²) in [4.78, 5) is 35.0. The average Bonchev–Trinajstić information content (AvgIpc) is 3.09. The van der Waals surface area contributed by atoms with Gasteiger partial charge in [0, 0.05) is 5.69 Å². The lowest BCUT2D eigenvalue weighted by molar-refractivity contribution is -0.127. The van der Waals surface area contributed by atoms with Crippen LogP contribution in [0.4, 0.5) is 5.69 Å². The van der Waals surface area contributed by atoms with Crippen molar-refractivity contribution in [1.82, 2.24) is 16.2 Å². The maximum atomic E-state index is 11.7.